The lowest BCUT2D eigenvalue weighted by Gasteiger charge is -2.34. The number of para-hydroxylation sites is 1. The van der Waals surface area contributed by atoms with Gasteiger partial charge in [0.15, 0.2) is 5.12 Å². The first-order valence-electron chi connectivity index (χ1n) is 12.1. The Labute approximate surface area is 210 Å². The fraction of sp³-hybridized carbons (Fsp3) is 0.387. The molecule has 0 spiro atoms. The molecule has 1 atom stereocenters. The number of thioether (sulfide) groups is 1. The molecule has 3 heteroatoms. The lowest BCUT2D eigenvalue weighted by Crippen LogP contribution is -2.31. The van der Waals surface area contributed by atoms with E-state index in [2.05, 4.69) is 84.0 Å². The van der Waals surface area contributed by atoms with Crippen molar-refractivity contribution in [2.45, 2.75) is 48.0 Å². The molecule has 0 radical (unpaired) electrons. The summed E-state index contributed by atoms with van der Waals surface area (Å²) in [6.07, 6.45) is 0.887. The van der Waals surface area contributed by atoms with Gasteiger partial charge in [0.25, 0.3) is 0 Å². The van der Waals surface area contributed by atoms with Crippen LogP contribution in [-0.4, -0.2) is 17.5 Å². The summed E-state index contributed by atoms with van der Waals surface area (Å²) >= 11 is 1.41. The van der Waals surface area contributed by atoms with Gasteiger partial charge in [-0.25, -0.2) is 0 Å². The third kappa shape index (κ3) is 7.24. The molecule has 180 valence electrons. The molecular formula is C31H38O2S. The second kappa shape index (κ2) is 11.3. The summed E-state index contributed by atoms with van der Waals surface area (Å²) in [5, 5.41) is 0.269. The van der Waals surface area contributed by atoms with Gasteiger partial charge in [-0.3, -0.25) is 4.79 Å². The van der Waals surface area contributed by atoms with Crippen LogP contribution in [0.15, 0.2) is 78.9 Å². The standard InChI is InChI=1S/C31H38O2S/c1-30(2,3)22-27(31(4,5)6)29(32)34-21-20-33-28-25(23-14-9-7-10-15-23)18-13-19-26(28)24-16-11-8-12-17-24/h7-19,27H,20-22H2,1-6H3. The molecule has 0 bridgehead atoms. The molecule has 0 aromatic heterocycles. The van der Waals surface area contributed by atoms with Crippen LogP contribution in [0.5, 0.6) is 5.75 Å². The van der Waals surface area contributed by atoms with Gasteiger partial charge in [0.1, 0.15) is 5.75 Å². The molecule has 0 N–H and O–H groups in total. The summed E-state index contributed by atoms with van der Waals surface area (Å²) < 4.78 is 6.42. The zero-order valence-electron chi connectivity index (χ0n) is 21.4. The van der Waals surface area contributed by atoms with Crippen LogP contribution in [0.2, 0.25) is 0 Å². The highest BCUT2D eigenvalue weighted by atomic mass is 32.2. The largest absolute Gasteiger partial charge is 0.491 e. The van der Waals surface area contributed by atoms with Crippen molar-refractivity contribution in [3.8, 4) is 28.0 Å². The molecule has 0 fully saturated rings. The molecule has 3 rings (SSSR count). The molecule has 0 aliphatic carbocycles. The second-order valence-corrected chi connectivity index (χ2v) is 12.2. The van der Waals surface area contributed by atoms with Gasteiger partial charge in [0, 0.05) is 22.8 Å². The van der Waals surface area contributed by atoms with Gasteiger partial charge in [-0.2, -0.15) is 0 Å². The molecule has 0 saturated carbocycles. The fourth-order valence-electron chi connectivity index (χ4n) is 4.12. The van der Waals surface area contributed by atoms with E-state index in [9.17, 15) is 4.79 Å². The van der Waals surface area contributed by atoms with Crippen molar-refractivity contribution in [2.75, 3.05) is 12.4 Å². The van der Waals surface area contributed by atoms with Gasteiger partial charge < -0.3 is 4.74 Å². The summed E-state index contributed by atoms with van der Waals surface area (Å²) in [4.78, 5) is 13.2. The fourth-order valence-corrected chi connectivity index (χ4v) is 5.13. The van der Waals surface area contributed by atoms with Crippen LogP contribution >= 0.6 is 11.8 Å². The Hall–Kier alpha value is -2.52. The quantitative estimate of drug-likeness (QED) is 0.305. The first-order chi connectivity index (χ1) is 16.1. The topological polar surface area (TPSA) is 26.3 Å². The van der Waals surface area contributed by atoms with Crippen LogP contribution in [-0.2, 0) is 4.79 Å². The number of ether oxygens (including phenoxy) is 1. The van der Waals surface area contributed by atoms with Crippen LogP contribution in [0.4, 0.5) is 0 Å². The highest BCUT2D eigenvalue weighted by Crippen LogP contribution is 2.40. The molecule has 0 saturated heterocycles. The summed E-state index contributed by atoms with van der Waals surface area (Å²) in [6, 6.07) is 27.0. The summed E-state index contributed by atoms with van der Waals surface area (Å²) in [5.74, 6) is 1.52. The predicted molar refractivity (Wildman–Crippen MR) is 147 cm³/mol. The van der Waals surface area contributed by atoms with Crippen LogP contribution in [0, 0.1) is 16.7 Å². The van der Waals surface area contributed by atoms with Crippen molar-refractivity contribution in [3.63, 3.8) is 0 Å². The van der Waals surface area contributed by atoms with Gasteiger partial charge >= 0.3 is 0 Å². The van der Waals surface area contributed by atoms with E-state index < -0.39 is 0 Å². The Bertz CT molecular complexity index is 1000. The first kappa shape index (κ1) is 26.1. The molecule has 3 aromatic carbocycles. The molecule has 34 heavy (non-hydrogen) atoms. The Morgan fingerprint density at radius 3 is 1.71 bits per heavy atom. The average molecular weight is 475 g/mol. The molecule has 0 amide bonds. The van der Waals surface area contributed by atoms with Crippen molar-refractivity contribution in [3.05, 3.63) is 78.9 Å². The molecule has 3 aromatic rings. The van der Waals surface area contributed by atoms with Gasteiger partial charge in [-0.05, 0) is 28.4 Å². The Balaban J connectivity index is 1.78. The van der Waals surface area contributed by atoms with E-state index in [0.29, 0.717) is 12.4 Å². The number of benzene rings is 3. The Kier molecular flexibility index (Phi) is 8.65. The number of carbonyl (C=O) groups is 1. The predicted octanol–water partition coefficient (Wildman–Crippen LogP) is 8.76. The van der Waals surface area contributed by atoms with E-state index >= 15 is 0 Å². The van der Waals surface area contributed by atoms with Gasteiger partial charge in [-0.15, -0.1) is 0 Å². The smallest absolute Gasteiger partial charge is 0.192 e. The van der Waals surface area contributed by atoms with E-state index in [1.807, 2.05) is 36.4 Å². The van der Waals surface area contributed by atoms with Crippen LogP contribution in [0.25, 0.3) is 22.3 Å². The van der Waals surface area contributed by atoms with Crippen molar-refractivity contribution >= 4 is 16.9 Å². The Morgan fingerprint density at radius 2 is 1.26 bits per heavy atom. The van der Waals surface area contributed by atoms with Gasteiger partial charge in [-0.1, -0.05) is 132 Å². The zero-order chi connectivity index (χ0) is 24.8. The Morgan fingerprint density at radius 1 is 0.765 bits per heavy atom. The third-order valence-corrected chi connectivity index (χ3v) is 6.84. The highest BCUT2D eigenvalue weighted by molar-refractivity contribution is 8.13. The minimum atomic E-state index is -0.0569. The van der Waals surface area contributed by atoms with E-state index in [4.69, 9.17) is 4.74 Å². The number of hydrogen-bond donors (Lipinski definition) is 0. The van der Waals surface area contributed by atoms with Crippen molar-refractivity contribution in [2.24, 2.45) is 16.7 Å². The van der Waals surface area contributed by atoms with E-state index in [-0.39, 0.29) is 21.9 Å². The maximum absolute atomic E-state index is 13.2. The summed E-state index contributed by atoms with van der Waals surface area (Å²) in [6.45, 7) is 13.6. The summed E-state index contributed by atoms with van der Waals surface area (Å²) in [5.41, 5.74) is 4.44. The third-order valence-electron chi connectivity index (χ3n) is 5.91. The normalized spacial score (nSPS) is 12.9. The van der Waals surface area contributed by atoms with E-state index in [1.165, 1.54) is 11.8 Å². The molecule has 1 unspecified atom stereocenters. The van der Waals surface area contributed by atoms with E-state index in [0.717, 1.165) is 34.4 Å². The van der Waals surface area contributed by atoms with Gasteiger partial charge in [0.2, 0.25) is 0 Å². The lowest BCUT2D eigenvalue weighted by molar-refractivity contribution is -0.118. The SMILES string of the molecule is CC(C)(C)CC(C(=O)SCCOc1c(-c2ccccc2)cccc1-c1ccccc1)C(C)(C)C. The van der Waals surface area contributed by atoms with Crippen LogP contribution in [0.1, 0.15) is 48.0 Å². The molecule has 0 aliphatic rings. The van der Waals surface area contributed by atoms with Crippen molar-refractivity contribution in [1.82, 2.24) is 0 Å². The molecule has 0 aliphatic heterocycles. The maximum atomic E-state index is 13.2. The van der Waals surface area contributed by atoms with Crippen LogP contribution in [0.3, 0.4) is 0 Å². The average Bonchev–Trinajstić information content (AvgIpc) is 2.80. The zero-order valence-corrected chi connectivity index (χ0v) is 22.2. The van der Waals surface area contributed by atoms with E-state index in [1.54, 1.807) is 0 Å². The highest BCUT2D eigenvalue weighted by Gasteiger charge is 2.34. The van der Waals surface area contributed by atoms with Gasteiger partial charge in [0.05, 0.1) is 6.61 Å². The van der Waals surface area contributed by atoms with Crippen molar-refractivity contribution < 1.29 is 9.53 Å². The first-order valence-corrected chi connectivity index (χ1v) is 13.1. The van der Waals surface area contributed by atoms with Crippen LogP contribution < -0.4 is 4.74 Å². The molecule has 0 heterocycles. The van der Waals surface area contributed by atoms with Crippen molar-refractivity contribution in [1.29, 1.82) is 0 Å². The molecule has 2 nitrogen and oxygen atoms in total. The molecular weight excluding hydrogens is 436 g/mol. The summed E-state index contributed by atoms with van der Waals surface area (Å²) in [7, 11) is 0. The number of carbonyl (C=O) groups excluding carboxylic acids is 1. The minimum Gasteiger partial charge on any atom is -0.491 e. The maximum Gasteiger partial charge on any atom is 0.192 e. The second-order valence-electron chi connectivity index (χ2n) is 11.1. The number of hydrogen-bond acceptors (Lipinski definition) is 3. The lowest BCUT2D eigenvalue weighted by atomic mass is 9.73. The number of rotatable bonds is 8. The minimum absolute atomic E-state index is 0.0222. The monoisotopic (exact) mass is 474 g/mol.